The smallest absolute Gasteiger partial charge is 0.00668 e. The number of hydrogen-bond acceptors (Lipinski definition) is 1. The molecule has 0 aromatic heterocycles. The van der Waals surface area contributed by atoms with Crippen LogP contribution in [0.3, 0.4) is 0 Å². The monoisotopic (exact) mass is 213 g/mol. The lowest BCUT2D eigenvalue weighted by atomic mass is 10.0. The molecule has 0 aliphatic rings. The summed E-state index contributed by atoms with van der Waals surface area (Å²) in [6.07, 6.45) is 7.96. The molecule has 0 heterocycles. The van der Waals surface area contributed by atoms with Gasteiger partial charge in [0.25, 0.3) is 0 Å². The van der Waals surface area contributed by atoms with E-state index < -0.39 is 0 Å². The van der Waals surface area contributed by atoms with Crippen LogP contribution in [0.25, 0.3) is 0 Å². The first-order chi connectivity index (χ1) is 7.10. The van der Waals surface area contributed by atoms with E-state index >= 15 is 0 Å². The Balaban J connectivity index is 3.56. The van der Waals surface area contributed by atoms with Crippen molar-refractivity contribution >= 4 is 0 Å². The van der Waals surface area contributed by atoms with Gasteiger partial charge in [0.1, 0.15) is 0 Å². The van der Waals surface area contributed by atoms with Gasteiger partial charge >= 0.3 is 0 Å². The van der Waals surface area contributed by atoms with Crippen LogP contribution in [0, 0.1) is 5.92 Å². The zero-order valence-corrected chi connectivity index (χ0v) is 11.5. The molecule has 0 radical (unpaired) electrons. The lowest BCUT2D eigenvalue weighted by molar-refractivity contribution is 0.381. The third kappa shape index (κ3) is 8.92. The lowest BCUT2D eigenvalue weighted by Crippen LogP contribution is -2.36. The highest BCUT2D eigenvalue weighted by Crippen LogP contribution is 2.10. The zero-order chi connectivity index (χ0) is 11.7. The van der Waals surface area contributed by atoms with Crippen molar-refractivity contribution in [3.8, 4) is 0 Å². The molecule has 0 bridgehead atoms. The van der Waals surface area contributed by atoms with Crippen molar-refractivity contribution < 1.29 is 0 Å². The molecule has 0 spiro atoms. The number of hydrogen-bond donors (Lipinski definition) is 1. The molecule has 0 amide bonds. The Morgan fingerprint density at radius 1 is 0.933 bits per heavy atom. The highest BCUT2D eigenvalue weighted by atomic mass is 14.9. The van der Waals surface area contributed by atoms with Gasteiger partial charge in [0.15, 0.2) is 0 Å². The van der Waals surface area contributed by atoms with E-state index in [2.05, 4.69) is 39.9 Å². The fourth-order valence-electron chi connectivity index (χ4n) is 2.07. The zero-order valence-electron chi connectivity index (χ0n) is 11.5. The van der Waals surface area contributed by atoms with E-state index in [9.17, 15) is 0 Å². The van der Waals surface area contributed by atoms with Crippen LogP contribution in [-0.4, -0.2) is 12.1 Å². The van der Waals surface area contributed by atoms with Crippen LogP contribution in [0.15, 0.2) is 0 Å². The van der Waals surface area contributed by atoms with Crippen molar-refractivity contribution in [2.24, 2.45) is 5.92 Å². The molecule has 0 aromatic rings. The molecular formula is C14H31N. The van der Waals surface area contributed by atoms with Crippen LogP contribution in [-0.2, 0) is 0 Å². The lowest BCUT2D eigenvalue weighted by Gasteiger charge is -2.22. The van der Waals surface area contributed by atoms with E-state index in [0.29, 0.717) is 6.04 Å². The topological polar surface area (TPSA) is 12.0 Å². The average Bonchev–Trinajstić information content (AvgIpc) is 2.16. The van der Waals surface area contributed by atoms with Gasteiger partial charge in [0.2, 0.25) is 0 Å². The minimum Gasteiger partial charge on any atom is -0.312 e. The van der Waals surface area contributed by atoms with E-state index in [4.69, 9.17) is 0 Å². The van der Waals surface area contributed by atoms with E-state index in [1.165, 1.54) is 38.5 Å². The van der Waals surface area contributed by atoms with Gasteiger partial charge in [0.05, 0.1) is 0 Å². The Labute approximate surface area is 97.0 Å². The summed E-state index contributed by atoms with van der Waals surface area (Å²) in [5.41, 5.74) is 0. The first-order valence-corrected chi connectivity index (χ1v) is 6.86. The summed E-state index contributed by atoms with van der Waals surface area (Å²) in [7, 11) is 0. The third-order valence-electron chi connectivity index (χ3n) is 3.07. The molecule has 2 unspecified atom stereocenters. The van der Waals surface area contributed by atoms with E-state index in [1.807, 2.05) is 0 Å². The summed E-state index contributed by atoms with van der Waals surface area (Å²) in [5, 5.41) is 3.74. The van der Waals surface area contributed by atoms with Crippen LogP contribution >= 0.6 is 0 Å². The summed E-state index contributed by atoms with van der Waals surface area (Å²) in [4.78, 5) is 0. The van der Waals surface area contributed by atoms with E-state index in [1.54, 1.807) is 0 Å². The van der Waals surface area contributed by atoms with Crippen LogP contribution in [0.2, 0.25) is 0 Å². The molecule has 1 nitrogen and oxygen atoms in total. The second-order valence-electron chi connectivity index (χ2n) is 5.29. The van der Waals surface area contributed by atoms with Gasteiger partial charge in [-0.05, 0) is 32.1 Å². The predicted octanol–water partition coefficient (Wildman–Crippen LogP) is 4.37. The SMILES string of the molecule is CCCC(CC)NC(C)CCCC(C)C. The Hall–Kier alpha value is -0.0400. The van der Waals surface area contributed by atoms with Crippen LogP contribution in [0.5, 0.6) is 0 Å². The molecule has 15 heavy (non-hydrogen) atoms. The quantitative estimate of drug-likeness (QED) is 0.600. The molecule has 1 heteroatoms. The van der Waals surface area contributed by atoms with Crippen molar-refractivity contribution in [1.29, 1.82) is 0 Å². The van der Waals surface area contributed by atoms with Gasteiger partial charge < -0.3 is 5.32 Å². The Kier molecular flexibility index (Phi) is 9.18. The summed E-state index contributed by atoms with van der Waals surface area (Å²) >= 11 is 0. The van der Waals surface area contributed by atoms with Crippen LogP contribution < -0.4 is 5.32 Å². The van der Waals surface area contributed by atoms with Crippen molar-refractivity contribution in [2.75, 3.05) is 0 Å². The summed E-state index contributed by atoms with van der Waals surface area (Å²) < 4.78 is 0. The average molecular weight is 213 g/mol. The minimum atomic E-state index is 0.695. The molecule has 0 aliphatic carbocycles. The van der Waals surface area contributed by atoms with Crippen molar-refractivity contribution in [3.63, 3.8) is 0 Å². The Bertz CT molecular complexity index is 131. The fraction of sp³-hybridized carbons (Fsp3) is 1.00. The standard InChI is InChI=1S/C14H31N/c1-6-9-14(7-2)15-13(5)11-8-10-12(3)4/h12-15H,6-11H2,1-5H3. The molecule has 0 saturated heterocycles. The highest BCUT2D eigenvalue weighted by molar-refractivity contribution is 4.70. The summed E-state index contributed by atoms with van der Waals surface area (Å²) in [6.45, 7) is 11.5. The molecule has 0 aliphatic heterocycles. The Morgan fingerprint density at radius 2 is 1.60 bits per heavy atom. The van der Waals surface area contributed by atoms with Crippen LogP contribution in [0.4, 0.5) is 0 Å². The van der Waals surface area contributed by atoms with Gasteiger partial charge in [-0.3, -0.25) is 0 Å². The van der Waals surface area contributed by atoms with Gasteiger partial charge in [-0.1, -0.05) is 47.0 Å². The highest BCUT2D eigenvalue weighted by Gasteiger charge is 2.09. The molecule has 0 fully saturated rings. The summed E-state index contributed by atoms with van der Waals surface area (Å²) in [6, 6.07) is 1.43. The minimum absolute atomic E-state index is 0.695. The number of nitrogens with one attached hydrogen (secondary N) is 1. The maximum atomic E-state index is 3.74. The number of rotatable bonds is 9. The van der Waals surface area contributed by atoms with Gasteiger partial charge in [-0.25, -0.2) is 0 Å². The van der Waals surface area contributed by atoms with Crippen molar-refractivity contribution in [2.45, 2.75) is 85.2 Å². The van der Waals surface area contributed by atoms with Gasteiger partial charge in [-0.2, -0.15) is 0 Å². The van der Waals surface area contributed by atoms with Crippen molar-refractivity contribution in [1.82, 2.24) is 5.32 Å². The summed E-state index contributed by atoms with van der Waals surface area (Å²) in [5.74, 6) is 0.856. The van der Waals surface area contributed by atoms with Crippen molar-refractivity contribution in [3.05, 3.63) is 0 Å². The van der Waals surface area contributed by atoms with Gasteiger partial charge in [0, 0.05) is 12.1 Å². The molecule has 1 N–H and O–H groups in total. The van der Waals surface area contributed by atoms with Gasteiger partial charge in [-0.15, -0.1) is 0 Å². The molecule has 0 aromatic carbocycles. The molecule has 0 saturated carbocycles. The second kappa shape index (κ2) is 9.21. The van der Waals surface area contributed by atoms with Crippen LogP contribution in [0.1, 0.15) is 73.1 Å². The van der Waals surface area contributed by atoms with E-state index in [0.717, 1.165) is 12.0 Å². The largest absolute Gasteiger partial charge is 0.312 e. The maximum absolute atomic E-state index is 3.74. The van der Waals surface area contributed by atoms with E-state index in [-0.39, 0.29) is 0 Å². The fourth-order valence-corrected chi connectivity index (χ4v) is 2.07. The first kappa shape index (κ1) is 15.0. The second-order valence-corrected chi connectivity index (χ2v) is 5.29. The third-order valence-corrected chi connectivity index (χ3v) is 3.07. The molecule has 0 rings (SSSR count). The predicted molar refractivity (Wildman–Crippen MR) is 70.3 cm³/mol. The molecule has 2 atom stereocenters. The maximum Gasteiger partial charge on any atom is 0.00668 e. The first-order valence-electron chi connectivity index (χ1n) is 6.86. The Morgan fingerprint density at radius 3 is 2.07 bits per heavy atom. The molecular weight excluding hydrogens is 182 g/mol. The molecule has 92 valence electrons. The normalized spacial score (nSPS) is 15.6.